The number of sulfone groups is 1. The maximum absolute atomic E-state index is 11.4. The van der Waals surface area contributed by atoms with E-state index in [1.165, 1.54) is 5.56 Å². The molecule has 0 bridgehead atoms. The van der Waals surface area contributed by atoms with E-state index in [0.717, 1.165) is 18.8 Å². The van der Waals surface area contributed by atoms with Crippen LogP contribution in [0.3, 0.4) is 0 Å². The quantitative estimate of drug-likeness (QED) is 0.835. The smallest absolute Gasteiger partial charge is 0.152 e. The monoisotopic (exact) mass is 269 g/mol. The van der Waals surface area contributed by atoms with Crippen LogP contribution in [0.1, 0.15) is 11.3 Å². The van der Waals surface area contributed by atoms with Crippen LogP contribution in [0.15, 0.2) is 18.3 Å². The lowest BCUT2D eigenvalue weighted by molar-refractivity contribution is 0.283. The Morgan fingerprint density at radius 2 is 2.11 bits per heavy atom. The largest absolute Gasteiger partial charge is 0.316 e. The predicted molar refractivity (Wildman–Crippen MR) is 70.9 cm³/mol. The summed E-state index contributed by atoms with van der Waals surface area (Å²) in [4.78, 5) is 6.55. The number of hydrogen-bond acceptors (Lipinski definition) is 5. The van der Waals surface area contributed by atoms with Crippen LogP contribution < -0.4 is 5.32 Å². The fraction of sp³-hybridized carbons (Fsp3) is 0.583. The Kier molecular flexibility index (Phi) is 4.31. The summed E-state index contributed by atoms with van der Waals surface area (Å²) < 4.78 is 22.7. The molecular weight excluding hydrogens is 250 g/mol. The molecule has 0 atom stereocenters. The van der Waals surface area contributed by atoms with E-state index in [2.05, 4.69) is 21.3 Å². The van der Waals surface area contributed by atoms with Crippen molar-refractivity contribution in [3.05, 3.63) is 29.6 Å². The SMILES string of the molecule is CNCc1cccnc1CN1CCS(=O)(=O)CC1. The summed E-state index contributed by atoms with van der Waals surface area (Å²) >= 11 is 0. The highest BCUT2D eigenvalue weighted by atomic mass is 32.2. The second-order valence-corrected chi connectivity index (χ2v) is 6.87. The van der Waals surface area contributed by atoms with Gasteiger partial charge in [-0.05, 0) is 18.7 Å². The third-order valence-corrected chi connectivity index (χ3v) is 4.77. The molecule has 1 aromatic heterocycles. The summed E-state index contributed by atoms with van der Waals surface area (Å²) in [6.45, 7) is 2.73. The van der Waals surface area contributed by atoms with Gasteiger partial charge in [0.05, 0.1) is 17.2 Å². The standard InChI is InChI=1S/C12H19N3O2S/c1-13-9-11-3-2-4-14-12(11)10-15-5-7-18(16,17)8-6-15/h2-4,13H,5-10H2,1H3. The number of rotatable bonds is 4. The Bertz CT molecular complexity index is 488. The first kappa shape index (κ1) is 13.5. The van der Waals surface area contributed by atoms with Crippen LogP contribution >= 0.6 is 0 Å². The molecule has 0 aromatic carbocycles. The lowest BCUT2D eigenvalue weighted by Gasteiger charge is -2.26. The molecule has 0 amide bonds. The van der Waals surface area contributed by atoms with Crippen molar-refractivity contribution in [3.8, 4) is 0 Å². The maximum atomic E-state index is 11.4. The summed E-state index contributed by atoms with van der Waals surface area (Å²) in [7, 11) is -0.896. The molecule has 2 rings (SSSR count). The molecular formula is C12H19N3O2S. The summed E-state index contributed by atoms with van der Waals surface area (Å²) in [5.41, 5.74) is 2.21. The summed E-state index contributed by atoms with van der Waals surface area (Å²) in [5, 5.41) is 3.12. The number of nitrogens with zero attached hydrogens (tertiary/aromatic N) is 2. The summed E-state index contributed by atoms with van der Waals surface area (Å²) in [5.74, 6) is 0.530. The Morgan fingerprint density at radius 1 is 1.39 bits per heavy atom. The van der Waals surface area contributed by atoms with E-state index in [4.69, 9.17) is 0 Å². The van der Waals surface area contributed by atoms with E-state index < -0.39 is 9.84 Å². The van der Waals surface area contributed by atoms with E-state index >= 15 is 0 Å². The van der Waals surface area contributed by atoms with Crippen molar-refractivity contribution in [2.45, 2.75) is 13.1 Å². The molecule has 1 aliphatic rings. The molecule has 0 unspecified atom stereocenters. The van der Waals surface area contributed by atoms with Crippen molar-refractivity contribution in [2.75, 3.05) is 31.6 Å². The van der Waals surface area contributed by atoms with Gasteiger partial charge in [0, 0.05) is 32.4 Å². The predicted octanol–water partition coefficient (Wildman–Crippen LogP) is 0.0314. The van der Waals surface area contributed by atoms with Gasteiger partial charge in [0.2, 0.25) is 0 Å². The average Bonchev–Trinajstić information content (AvgIpc) is 2.35. The Balaban J connectivity index is 2.02. The number of pyridine rings is 1. The molecule has 1 aromatic rings. The van der Waals surface area contributed by atoms with Gasteiger partial charge in [0.15, 0.2) is 9.84 Å². The third kappa shape index (κ3) is 3.51. The highest BCUT2D eigenvalue weighted by molar-refractivity contribution is 7.91. The lowest BCUT2D eigenvalue weighted by Crippen LogP contribution is -2.40. The van der Waals surface area contributed by atoms with Gasteiger partial charge in [-0.25, -0.2) is 8.42 Å². The third-order valence-electron chi connectivity index (χ3n) is 3.16. The van der Waals surface area contributed by atoms with Crippen molar-refractivity contribution < 1.29 is 8.42 Å². The molecule has 1 saturated heterocycles. The van der Waals surface area contributed by atoms with Gasteiger partial charge in [-0.15, -0.1) is 0 Å². The van der Waals surface area contributed by atoms with Crippen LogP contribution in [0.25, 0.3) is 0 Å². The van der Waals surface area contributed by atoms with Gasteiger partial charge in [-0.1, -0.05) is 6.07 Å². The molecule has 0 radical (unpaired) electrons. The maximum Gasteiger partial charge on any atom is 0.152 e. The van der Waals surface area contributed by atoms with E-state index in [1.54, 1.807) is 6.20 Å². The van der Waals surface area contributed by atoms with Crippen molar-refractivity contribution in [3.63, 3.8) is 0 Å². The van der Waals surface area contributed by atoms with Crippen LogP contribution in [-0.4, -0.2) is 49.9 Å². The van der Waals surface area contributed by atoms with E-state index in [1.807, 2.05) is 13.1 Å². The van der Waals surface area contributed by atoms with E-state index in [9.17, 15) is 8.42 Å². The van der Waals surface area contributed by atoms with Gasteiger partial charge in [0.25, 0.3) is 0 Å². The van der Waals surface area contributed by atoms with Crippen LogP contribution in [0.2, 0.25) is 0 Å². The second kappa shape index (κ2) is 5.77. The summed E-state index contributed by atoms with van der Waals surface area (Å²) in [6.07, 6.45) is 1.79. The fourth-order valence-electron chi connectivity index (χ4n) is 2.09. The van der Waals surface area contributed by atoms with E-state index in [0.29, 0.717) is 13.1 Å². The molecule has 1 N–H and O–H groups in total. The Hall–Kier alpha value is -0.980. The zero-order valence-corrected chi connectivity index (χ0v) is 11.4. The van der Waals surface area contributed by atoms with Crippen molar-refractivity contribution >= 4 is 9.84 Å². The molecule has 6 heteroatoms. The highest BCUT2D eigenvalue weighted by Gasteiger charge is 2.22. The second-order valence-electron chi connectivity index (χ2n) is 4.57. The first-order chi connectivity index (χ1) is 8.61. The van der Waals surface area contributed by atoms with Crippen LogP contribution in [-0.2, 0) is 22.9 Å². The highest BCUT2D eigenvalue weighted by Crippen LogP contribution is 2.11. The minimum Gasteiger partial charge on any atom is -0.316 e. The van der Waals surface area contributed by atoms with Gasteiger partial charge in [-0.3, -0.25) is 9.88 Å². The van der Waals surface area contributed by atoms with Crippen molar-refractivity contribution in [1.29, 1.82) is 0 Å². The van der Waals surface area contributed by atoms with Crippen molar-refractivity contribution in [1.82, 2.24) is 15.2 Å². The molecule has 0 saturated carbocycles. The van der Waals surface area contributed by atoms with Gasteiger partial charge in [-0.2, -0.15) is 0 Å². The Labute approximate surface area is 108 Å². The number of hydrogen-bond donors (Lipinski definition) is 1. The molecule has 1 aliphatic heterocycles. The minimum absolute atomic E-state index is 0.265. The van der Waals surface area contributed by atoms with Crippen molar-refractivity contribution in [2.24, 2.45) is 0 Å². The summed E-state index contributed by atoms with van der Waals surface area (Å²) in [6, 6.07) is 3.98. The molecule has 0 spiro atoms. The zero-order valence-electron chi connectivity index (χ0n) is 10.6. The first-order valence-electron chi connectivity index (χ1n) is 6.11. The average molecular weight is 269 g/mol. The van der Waals surface area contributed by atoms with Gasteiger partial charge >= 0.3 is 0 Å². The molecule has 18 heavy (non-hydrogen) atoms. The van der Waals surface area contributed by atoms with Crippen LogP contribution in [0.4, 0.5) is 0 Å². The lowest BCUT2D eigenvalue weighted by atomic mass is 10.2. The van der Waals surface area contributed by atoms with Crippen LogP contribution in [0, 0.1) is 0 Å². The first-order valence-corrected chi connectivity index (χ1v) is 7.93. The zero-order chi connectivity index (χ0) is 13.0. The molecule has 2 heterocycles. The molecule has 5 nitrogen and oxygen atoms in total. The normalized spacial score (nSPS) is 19.8. The van der Waals surface area contributed by atoms with Gasteiger partial charge in [0.1, 0.15) is 0 Å². The van der Waals surface area contributed by atoms with E-state index in [-0.39, 0.29) is 11.5 Å². The Morgan fingerprint density at radius 3 is 2.78 bits per heavy atom. The fourth-order valence-corrected chi connectivity index (χ4v) is 3.36. The number of nitrogens with one attached hydrogen (secondary N) is 1. The minimum atomic E-state index is -2.80. The number of aromatic nitrogens is 1. The topological polar surface area (TPSA) is 62.3 Å². The molecule has 0 aliphatic carbocycles. The molecule has 100 valence electrons. The van der Waals surface area contributed by atoms with Crippen LogP contribution in [0.5, 0.6) is 0 Å². The van der Waals surface area contributed by atoms with Gasteiger partial charge < -0.3 is 5.32 Å². The molecule has 1 fully saturated rings.